The van der Waals surface area contributed by atoms with Crippen LogP contribution in [0.4, 0.5) is 0 Å². The molecule has 0 aliphatic heterocycles. The summed E-state index contributed by atoms with van der Waals surface area (Å²) in [5, 5.41) is 3.61. The standard InChI is InChI=1S/C21H26N2O4/c1-12-7-6-10-17(13(12)2)23-20(25)14(3)27-21(26)16-11-19(24)22-18-9-5-4-8-15(16)18/h4-5,8-9,11-14,17H,6-7,10H2,1-3H3,(H,22,24)(H,23,25)/t12-,13+,14+,17+/m0/s1. The second-order valence-corrected chi connectivity index (χ2v) is 7.52. The normalized spacial score (nSPS) is 23.6. The number of benzene rings is 1. The summed E-state index contributed by atoms with van der Waals surface area (Å²) in [5.74, 6) is -0.0278. The maximum atomic E-state index is 12.6. The van der Waals surface area contributed by atoms with Gasteiger partial charge in [0.2, 0.25) is 5.56 Å². The van der Waals surface area contributed by atoms with Gasteiger partial charge in [-0.25, -0.2) is 4.79 Å². The number of H-pyrrole nitrogens is 1. The topological polar surface area (TPSA) is 88.3 Å². The smallest absolute Gasteiger partial charge is 0.339 e. The van der Waals surface area contributed by atoms with Crippen LogP contribution >= 0.6 is 0 Å². The molecule has 4 atom stereocenters. The Kier molecular flexibility index (Phi) is 5.63. The molecule has 0 spiro atoms. The summed E-state index contributed by atoms with van der Waals surface area (Å²) in [5.41, 5.74) is 0.329. The van der Waals surface area contributed by atoms with Gasteiger partial charge in [-0.05, 0) is 31.2 Å². The van der Waals surface area contributed by atoms with Crippen molar-refractivity contribution in [3.63, 3.8) is 0 Å². The van der Waals surface area contributed by atoms with E-state index in [1.165, 1.54) is 12.5 Å². The summed E-state index contributed by atoms with van der Waals surface area (Å²) < 4.78 is 5.36. The molecule has 0 unspecified atom stereocenters. The van der Waals surface area contributed by atoms with E-state index in [1.807, 2.05) is 0 Å². The minimum absolute atomic E-state index is 0.0998. The summed E-state index contributed by atoms with van der Waals surface area (Å²) in [6, 6.07) is 8.31. The van der Waals surface area contributed by atoms with Gasteiger partial charge < -0.3 is 15.0 Å². The number of carbonyl (C=O) groups is 2. The zero-order valence-electron chi connectivity index (χ0n) is 16.0. The minimum atomic E-state index is -0.931. The average molecular weight is 370 g/mol. The van der Waals surface area contributed by atoms with Gasteiger partial charge in [0.1, 0.15) is 0 Å². The van der Waals surface area contributed by atoms with Crippen molar-refractivity contribution in [2.75, 3.05) is 0 Å². The van der Waals surface area contributed by atoms with Crippen molar-refractivity contribution in [3.05, 3.63) is 46.2 Å². The number of aromatic amines is 1. The quantitative estimate of drug-likeness (QED) is 0.810. The van der Waals surface area contributed by atoms with Gasteiger partial charge in [-0.3, -0.25) is 9.59 Å². The summed E-state index contributed by atoms with van der Waals surface area (Å²) >= 11 is 0. The highest BCUT2D eigenvalue weighted by Gasteiger charge is 2.30. The Hall–Kier alpha value is -2.63. The van der Waals surface area contributed by atoms with Gasteiger partial charge in [0, 0.05) is 23.0 Å². The molecule has 144 valence electrons. The van der Waals surface area contributed by atoms with E-state index >= 15 is 0 Å². The highest BCUT2D eigenvalue weighted by molar-refractivity contribution is 6.03. The van der Waals surface area contributed by atoms with Crippen molar-refractivity contribution in [2.45, 2.75) is 52.2 Å². The zero-order chi connectivity index (χ0) is 19.6. The summed E-state index contributed by atoms with van der Waals surface area (Å²) in [4.78, 5) is 39.6. The first kappa shape index (κ1) is 19.1. The first-order valence-electron chi connectivity index (χ1n) is 9.50. The van der Waals surface area contributed by atoms with Gasteiger partial charge >= 0.3 is 5.97 Å². The number of esters is 1. The van der Waals surface area contributed by atoms with Crippen molar-refractivity contribution < 1.29 is 14.3 Å². The second kappa shape index (κ2) is 7.94. The van der Waals surface area contributed by atoms with Crippen LogP contribution in [0.25, 0.3) is 10.9 Å². The van der Waals surface area contributed by atoms with E-state index in [2.05, 4.69) is 24.1 Å². The largest absolute Gasteiger partial charge is 0.449 e. The molecule has 27 heavy (non-hydrogen) atoms. The molecule has 1 heterocycles. The molecule has 6 heteroatoms. The van der Waals surface area contributed by atoms with E-state index in [0.29, 0.717) is 22.7 Å². The van der Waals surface area contributed by atoms with Crippen LogP contribution in [0.15, 0.2) is 35.1 Å². The van der Waals surface area contributed by atoms with Crippen LogP contribution in [-0.2, 0) is 9.53 Å². The van der Waals surface area contributed by atoms with E-state index in [4.69, 9.17) is 4.74 Å². The molecule has 1 fully saturated rings. The Bertz CT molecular complexity index is 904. The van der Waals surface area contributed by atoms with E-state index in [0.717, 1.165) is 12.8 Å². The number of pyridine rings is 1. The lowest BCUT2D eigenvalue weighted by molar-refractivity contribution is -0.130. The number of hydrogen-bond acceptors (Lipinski definition) is 4. The molecule has 1 aliphatic rings. The lowest BCUT2D eigenvalue weighted by atomic mass is 9.78. The predicted molar refractivity (Wildman–Crippen MR) is 104 cm³/mol. The fourth-order valence-corrected chi connectivity index (χ4v) is 3.74. The lowest BCUT2D eigenvalue weighted by Gasteiger charge is -2.35. The fraction of sp³-hybridized carbons (Fsp3) is 0.476. The van der Waals surface area contributed by atoms with Crippen LogP contribution in [0.5, 0.6) is 0 Å². The summed E-state index contributed by atoms with van der Waals surface area (Å²) in [7, 11) is 0. The average Bonchev–Trinajstić information content (AvgIpc) is 2.64. The van der Waals surface area contributed by atoms with Crippen molar-refractivity contribution in [2.24, 2.45) is 11.8 Å². The Balaban J connectivity index is 1.71. The third kappa shape index (κ3) is 4.21. The number of hydrogen-bond donors (Lipinski definition) is 2. The third-order valence-electron chi connectivity index (χ3n) is 5.66. The van der Waals surface area contributed by atoms with Crippen LogP contribution in [0.3, 0.4) is 0 Å². The molecule has 1 aromatic heterocycles. The summed E-state index contributed by atoms with van der Waals surface area (Å²) in [6.07, 6.45) is 2.27. The SMILES string of the molecule is C[C@@H]1[C@@H](C)CCC[C@H]1NC(=O)[C@@H](C)OC(=O)c1cc(=O)[nH]c2ccccc12. The van der Waals surface area contributed by atoms with E-state index in [1.54, 1.807) is 31.2 Å². The highest BCUT2D eigenvalue weighted by atomic mass is 16.5. The number of fused-ring (bicyclic) bond motifs is 1. The van der Waals surface area contributed by atoms with Crippen molar-refractivity contribution in [1.29, 1.82) is 0 Å². The number of rotatable bonds is 4. The first-order chi connectivity index (χ1) is 12.9. The Morgan fingerprint density at radius 2 is 1.96 bits per heavy atom. The lowest BCUT2D eigenvalue weighted by Crippen LogP contribution is -2.47. The molecule has 6 nitrogen and oxygen atoms in total. The number of aromatic nitrogens is 1. The minimum Gasteiger partial charge on any atom is -0.449 e. The monoisotopic (exact) mass is 370 g/mol. The van der Waals surface area contributed by atoms with Crippen molar-refractivity contribution in [1.82, 2.24) is 10.3 Å². The van der Waals surface area contributed by atoms with Crippen molar-refractivity contribution in [3.8, 4) is 0 Å². The molecule has 1 aromatic carbocycles. The molecule has 2 N–H and O–H groups in total. The molecule has 1 amide bonds. The highest BCUT2D eigenvalue weighted by Crippen LogP contribution is 2.29. The molecule has 1 saturated carbocycles. The number of amides is 1. The van der Waals surface area contributed by atoms with Gasteiger partial charge in [-0.15, -0.1) is 0 Å². The molecular formula is C21H26N2O4. The third-order valence-corrected chi connectivity index (χ3v) is 5.66. The fourth-order valence-electron chi connectivity index (χ4n) is 3.74. The Morgan fingerprint density at radius 3 is 2.74 bits per heavy atom. The van der Waals surface area contributed by atoms with E-state index in [9.17, 15) is 14.4 Å². The van der Waals surface area contributed by atoms with E-state index in [-0.39, 0.29) is 23.1 Å². The van der Waals surface area contributed by atoms with E-state index < -0.39 is 12.1 Å². The molecule has 1 aliphatic carbocycles. The van der Waals surface area contributed by atoms with Crippen LogP contribution in [0, 0.1) is 11.8 Å². The predicted octanol–water partition coefficient (Wildman–Crippen LogP) is 3.01. The number of para-hydroxylation sites is 1. The number of nitrogens with one attached hydrogen (secondary N) is 2. The Labute approximate surface area is 158 Å². The Morgan fingerprint density at radius 1 is 1.22 bits per heavy atom. The maximum absolute atomic E-state index is 12.6. The van der Waals surface area contributed by atoms with Gasteiger partial charge in [0.15, 0.2) is 6.10 Å². The van der Waals surface area contributed by atoms with Crippen LogP contribution in [0.2, 0.25) is 0 Å². The molecule has 0 saturated heterocycles. The van der Waals surface area contributed by atoms with Crippen LogP contribution < -0.4 is 10.9 Å². The summed E-state index contributed by atoms with van der Waals surface area (Å²) in [6.45, 7) is 5.90. The maximum Gasteiger partial charge on any atom is 0.339 e. The van der Waals surface area contributed by atoms with Gasteiger partial charge in [-0.1, -0.05) is 44.9 Å². The second-order valence-electron chi connectivity index (χ2n) is 7.52. The molecule has 0 radical (unpaired) electrons. The van der Waals surface area contributed by atoms with Gasteiger partial charge in [0.25, 0.3) is 5.91 Å². The molecule has 0 bridgehead atoms. The van der Waals surface area contributed by atoms with Crippen LogP contribution in [0.1, 0.15) is 50.4 Å². The van der Waals surface area contributed by atoms with Gasteiger partial charge in [0.05, 0.1) is 5.56 Å². The zero-order valence-corrected chi connectivity index (χ0v) is 16.0. The molecule has 3 rings (SSSR count). The first-order valence-corrected chi connectivity index (χ1v) is 9.50. The van der Waals surface area contributed by atoms with Crippen molar-refractivity contribution >= 4 is 22.8 Å². The number of carbonyl (C=O) groups excluding carboxylic acids is 2. The molecule has 2 aromatic rings. The van der Waals surface area contributed by atoms with Crippen LogP contribution in [-0.4, -0.2) is 29.0 Å². The molecular weight excluding hydrogens is 344 g/mol. The number of ether oxygens (including phenoxy) is 1. The van der Waals surface area contributed by atoms with Gasteiger partial charge in [-0.2, -0.15) is 0 Å².